The van der Waals surface area contributed by atoms with E-state index in [1.54, 1.807) is 23.1 Å². The van der Waals surface area contributed by atoms with E-state index in [0.29, 0.717) is 18.0 Å². The highest BCUT2D eigenvalue weighted by Crippen LogP contribution is 2.22. The van der Waals surface area contributed by atoms with Crippen LogP contribution < -0.4 is 0 Å². The van der Waals surface area contributed by atoms with Crippen molar-refractivity contribution in [3.8, 4) is 0 Å². The van der Waals surface area contributed by atoms with Gasteiger partial charge in [0.05, 0.1) is 11.5 Å². The van der Waals surface area contributed by atoms with Crippen molar-refractivity contribution in [1.82, 2.24) is 4.90 Å². The third-order valence-electron chi connectivity index (χ3n) is 4.67. The Morgan fingerprint density at radius 1 is 1.22 bits per heavy atom. The van der Waals surface area contributed by atoms with Crippen molar-refractivity contribution in [2.24, 2.45) is 0 Å². The van der Waals surface area contributed by atoms with Crippen LogP contribution in [-0.4, -0.2) is 36.8 Å². The maximum absolute atomic E-state index is 12.9. The van der Waals surface area contributed by atoms with Crippen LogP contribution in [0.25, 0.3) is 6.08 Å². The SMILES string of the molecule is Cc1ccc(C=CC(=O)N(Cc2cccc(Cl)c2)C2CCS(=O)(=O)C2)cc1. The third-order valence-corrected chi connectivity index (χ3v) is 6.66. The molecule has 1 fully saturated rings. The van der Waals surface area contributed by atoms with Crippen molar-refractivity contribution in [1.29, 1.82) is 0 Å². The number of benzene rings is 2. The largest absolute Gasteiger partial charge is 0.331 e. The summed E-state index contributed by atoms with van der Waals surface area (Å²) in [5, 5.41) is 0.592. The number of nitrogens with zero attached hydrogens (tertiary/aromatic N) is 1. The summed E-state index contributed by atoms with van der Waals surface area (Å²) in [5.41, 5.74) is 2.96. The van der Waals surface area contributed by atoms with Crippen LogP contribution >= 0.6 is 11.6 Å². The molecule has 1 atom stereocenters. The van der Waals surface area contributed by atoms with E-state index in [2.05, 4.69) is 0 Å². The van der Waals surface area contributed by atoms with Gasteiger partial charge in [-0.15, -0.1) is 0 Å². The first-order valence-electron chi connectivity index (χ1n) is 8.83. The summed E-state index contributed by atoms with van der Waals surface area (Å²) in [4.78, 5) is 14.5. The molecule has 2 aromatic rings. The normalized spacial score (nSPS) is 18.7. The van der Waals surface area contributed by atoms with Gasteiger partial charge in [0, 0.05) is 23.7 Å². The molecule has 0 spiro atoms. The Kier molecular flexibility index (Phi) is 6.02. The highest BCUT2D eigenvalue weighted by molar-refractivity contribution is 7.91. The molecule has 1 aliphatic heterocycles. The van der Waals surface area contributed by atoms with Gasteiger partial charge in [-0.05, 0) is 42.7 Å². The first kappa shape index (κ1) is 19.6. The molecule has 0 N–H and O–H groups in total. The molecule has 142 valence electrons. The Balaban J connectivity index is 1.81. The van der Waals surface area contributed by atoms with Gasteiger partial charge in [-0.2, -0.15) is 0 Å². The number of carbonyl (C=O) groups is 1. The minimum absolute atomic E-state index is 0.0116. The second-order valence-electron chi connectivity index (χ2n) is 6.90. The average molecular weight is 404 g/mol. The van der Waals surface area contributed by atoms with Crippen LogP contribution in [0.5, 0.6) is 0 Å². The first-order chi connectivity index (χ1) is 12.8. The smallest absolute Gasteiger partial charge is 0.247 e. The van der Waals surface area contributed by atoms with Crippen LogP contribution in [0.3, 0.4) is 0 Å². The summed E-state index contributed by atoms with van der Waals surface area (Å²) in [6.45, 7) is 2.34. The number of rotatable bonds is 5. The van der Waals surface area contributed by atoms with Crippen molar-refractivity contribution in [3.63, 3.8) is 0 Å². The zero-order valence-corrected chi connectivity index (χ0v) is 16.7. The Morgan fingerprint density at radius 2 is 1.96 bits per heavy atom. The number of amides is 1. The Morgan fingerprint density at radius 3 is 2.59 bits per heavy atom. The van der Waals surface area contributed by atoms with Gasteiger partial charge in [0.2, 0.25) is 5.91 Å². The van der Waals surface area contributed by atoms with Gasteiger partial charge >= 0.3 is 0 Å². The lowest BCUT2D eigenvalue weighted by Crippen LogP contribution is -2.39. The number of hydrogen-bond donors (Lipinski definition) is 0. The van der Waals surface area contributed by atoms with Gasteiger partial charge in [0.15, 0.2) is 9.84 Å². The highest BCUT2D eigenvalue weighted by atomic mass is 35.5. The highest BCUT2D eigenvalue weighted by Gasteiger charge is 2.34. The lowest BCUT2D eigenvalue weighted by atomic mass is 10.1. The maximum atomic E-state index is 12.9. The fourth-order valence-corrected chi connectivity index (χ4v) is 5.12. The molecule has 0 bridgehead atoms. The molecule has 0 radical (unpaired) electrons. The van der Waals surface area contributed by atoms with Crippen molar-refractivity contribution >= 4 is 33.4 Å². The quantitative estimate of drug-likeness (QED) is 0.712. The van der Waals surface area contributed by atoms with E-state index >= 15 is 0 Å². The summed E-state index contributed by atoms with van der Waals surface area (Å²) < 4.78 is 23.8. The molecule has 1 saturated heterocycles. The molecule has 0 aliphatic carbocycles. The Bertz CT molecular complexity index is 952. The second kappa shape index (κ2) is 8.28. The number of hydrogen-bond acceptors (Lipinski definition) is 3. The molecule has 27 heavy (non-hydrogen) atoms. The van der Waals surface area contributed by atoms with E-state index in [1.165, 1.54) is 6.08 Å². The van der Waals surface area contributed by atoms with Crippen molar-refractivity contribution in [2.45, 2.75) is 25.9 Å². The van der Waals surface area contributed by atoms with E-state index in [-0.39, 0.29) is 23.5 Å². The number of halogens is 1. The molecule has 1 aliphatic rings. The average Bonchev–Trinajstić information content (AvgIpc) is 2.98. The molecular weight excluding hydrogens is 382 g/mol. The van der Waals surface area contributed by atoms with Gasteiger partial charge in [-0.3, -0.25) is 4.79 Å². The van der Waals surface area contributed by atoms with Crippen molar-refractivity contribution in [3.05, 3.63) is 76.3 Å². The van der Waals surface area contributed by atoms with Gasteiger partial charge in [0.1, 0.15) is 0 Å². The monoisotopic (exact) mass is 403 g/mol. The topological polar surface area (TPSA) is 54.5 Å². The summed E-state index contributed by atoms with van der Waals surface area (Å²) in [7, 11) is -3.09. The molecule has 3 rings (SSSR count). The van der Waals surface area contributed by atoms with Crippen LogP contribution in [-0.2, 0) is 21.2 Å². The van der Waals surface area contributed by atoms with Crippen LogP contribution in [0.2, 0.25) is 5.02 Å². The van der Waals surface area contributed by atoms with E-state index in [1.807, 2.05) is 43.3 Å². The van der Waals surface area contributed by atoms with E-state index in [0.717, 1.165) is 16.7 Å². The van der Waals surface area contributed by atoms with Gasteiger partial charge < -0.3 is 4.90 Å². The van der Waals surface area contributed by atoms with Crippen LogP contribution in [0.15, 0.2) is 54.6 Å². The van der Waals surface area contributed by atoms with Crippen LogP contribution in [0.4, 0.5) is 0 Å². The van der Waals surface area contributed by atoms with E-state index < -0.39 is 9.84 Å². The number of sulfone groups is 1. The molecule has 1 heterocycles. The van der Waals surface area contributed by atoms with Crippen LogP contribution in [0, 0.1) is 6.92 Å². The van der Waals surface area contributed by atoms with Gasteiger partial charge in [-0.1, -0.05) is 53.6 Å². The minimum Gasteiger partial charge on any atom is -0.331 e. The fourth-order valence-electron chi connectivity index (χ4n) is 3.18. The molecule has 4 nitrogen and oxygen atoms in total. The summed E-state index contributed by atoms with van der Waals surface area (Å²) in [6, 6.07) is 14.8. The molecule has 1 amide bonds. The van der Waals surface area contributed by atoms with Gasteiger partial charge in [0.25, 0.3) is 0 Å². The molecule has 6 heteroatoms. The zero-order chi connectivity index (χ0) is 19.4. The minimum atomic E-state index is -3.09. The van der Waals surface area contributed by atoms with E-state index in [9.17, 15) is 13.2 Å². The Labute approximate surface area is 165 Å². The number of aryl methyl sites for hydroxylation is 1. The first-order valence-corrected chi connectivity index (χ1v) is 11.0. The third kappa shape index (κ3) is 5.44. The molecule has 2 aromatic carbocycles. The van der Waals surface area contributed by atoms with Crippen molar-refractivity contribution < 1.29 is 13.2 Å². The summed E-state index contributed by atoms with van der Waals surface area (Å²) in [5.74, 6) is -0.0614. The Hall–Kier alpha value is -2.11. The molecule has 0 aromatic heterocycles. The molecular formula is C21H22ClNO3S. The molecule has 1 unspecified atom stereocenters. The lowest BCUT2D eigenvalue weighted by molar-refractivity contribution is -0.128. The summed E-state index contributed by atoms with van der Waals surface area (Å²) >= 11 is 6.05. The van der Waals surface area contributed by atoms with Crippen molar-refractivity contribution in [2.75, 3.05) is 11.5 Å². The number of carbonyl (C=O) groups excluding carboxylic acids is 1. The standard InChI is InChI=1S/C21H22ClNO3S/c1-16-5-7-17(8-6-16)9-10-21(24)23(20-11-12-27(25,26)15-20)14-18-3-2-4-19(22)13-18/h2-10,13,20H,11-12,14-15H2,1H3. The lowest BCUT2D eigenvalue weighted by Gasteiger charge is -2.27. The van der Waals surface area contributed by atoms with E-state index in [4.69, 9.17) is 11.6 Å². The fraction of sp³-hybridized carbons (Fsp3) is 0.286. The predicted octanol–water partition coefficient (Wildman–Crippen LogP) is 3.88. The molecule has 0 saturated carbocycles. The summed E-state index contributed by atoms with van der Waals surface area (Å²) in [6.07, 6.45) is 3.74. The predicted molar refractivity (Wildman–Crippen MR) is 109 cm³/mol. The second-order valence-corrected chi connectivity index (χ2v) is 9.56. The maximum Gasteiger partial charge on any atom is 0.247 e. The zero-order valence-electron chi connectivity index (χ0n) is 15.1. The van der Waals surface area contributed by atoms with Gasteiger partial charge in [-0.25, -0.2) is 8.42 Å². The van der Waals surface area contributed by atoms with Crippen LogP contribution in [0.1, 0.15) is 23.1 Å².